The molecule has 1 atom stereocenters. The van der Waals surface area contributed by atoms with Gasteiger partial charge in [0.1, 0.15) is 5.82 Å². The van der Waals surface area contributed by atoms with Gasteiger partial charge in [-0.15, -0.1) is 0 Å². The topological polar surface area (TPSA) is 66.8 Å². The van der Waals surface area contributed by atoms with Crippen molar-refractivity contribution < 1.29 is 23.8 Å². The number of carboxylic acid groups (broad SMARTS) is 1. The van der Waals surface area contributed by atoms with Crippen molar-refractivity contribution in [1.82, 2.24) is 4.90 Å². The first-order valence-electron chi connectivity index (χ1n) is 6.84. The van der Waals surface area contributed by atoms with Crippen molar-refractivity contribution in [2.24, 2.45) is 5.92 Å². The second-order valence-electron chi connectivity index (χ2n) is 5.40. The van der Waals surface area contributed by atoms with E-state index in [0.29, 0.717) is 19.7 Å². The molecule has 1 unspecified atom stereocenters. The Morgan fingerprint density at radius 1 is 1.43 bits per heavy atom. The Kier molecular flexibility index (Phi) is 4.57. The highest BCUT2D eigenvalue weighted by molar-refractivity contribution is 5.96. The number of ether oxygens (including phenoxy) is 1. The first kappa shape index (κ1) is 15.4. The molecular formula is C15H18FNO4. The fourth-order valence-electron chi connectivity index (χ4n) is 2.26. The van der Waals surface area contributed by atoms with Crippen LogP contribution in [0, 0.1) is 11.7 Å². The van der Waals surface area contributed by atoms with E-state index in [9.17, 15) is 14.0 Å². The average Bonchev–Trinajstić information content (AvgIpc) is 2.46. The Bertz CT molecular complexity index is 559. The molecule has 114 valence electrons. The summed E-state index contributed by atoms with van der Waals surface area (Å²) in [5.74, 6) is -2.20. The summed E-state index contributed by atoms with van der Waals surface area (Å²) in [6.07, 6.45) is -0.0657. The lowest BCUT2D eigenvalue weighted by Crippen LogP contribution is -2.47. The van der Waals surface area contributed by atoms with Crippen LogP contribution in [0.5, 0.6) is 0 Å². The quantitative estimate of drug-likeness (QED) is 0.926. The van der Waals surface area contributed by atoms with Crippen LogP contribution in [0.1, 0.15) is 34.6 Å². The lowest BCUT2D eigenvalue weighted by molar-refractivity contribution is -0.0421. The monoisotopic (exact) mass is 295 g/mol. The normalized spacial score (nSPS) is 18.9. The number of benzene rings is 1. The van der Waals surface area contributed by atoms with E-state index in [4.69, 9.17) is 9.84 Å². The van der Waals surface area contributed by atoms with Crippen molar-refractivity contribution in [1.29, 1.82) is 0 Å². The second-order valence-corrected chi connectivity index (χ2v) is 5.40. The Labute approximate surface area is 122 Å². The molecule has 1 aromatic rings. The largest absolute Gasteiger partial charge is 0.478 e. The number of morpholine rings is 1. The number of carbonyl (C=O) groups is 2. The Hall–Kier alpha value is -1.95. The van der Waals surface area contributed by atoms with Crippen molar-refractivity contribution in [2.45, 2.75) is 20.0 Å². The molecule has 0 bridgehead atoms. The van der Waals surface area contributed by atoms with Gasteiger partial charge < -0.3 is 14.7 Å². The van der Waals surface area contributed by atoms with Gasteiger partial charge >= 0.3 is 5.97 Å². The third-order valence-electron chi connectivity index (χ3n) is 3.57. The van der Waals surface area contributed by atoms with Gasteiger partial charge in [0, 0.05) is 13.1 Å². The fourth-order valence-corrected chi connectivity index (χ4v) is 2.26. The molecule has 1 saturated heterocycles. The van der Waals surface area contributed by atoms with Crippen LogP contribution >= 0.6 is 0 Å². The van der Waals surface area contributed by atoms with Crippen LogP contribution in [0.3, 0.4) is 0 Å². The molecule has 0 aliphatic carbocycles. The predicted octanol–water partition coefficient (Wildman–Crippen LogP) is 2.02. The van der Waals surface area contributed by atoms with E-state index >= 15 is 0 Å². The predicted molar refractivity (Wildman–Crippen MR) is 73.8 cm³/mol. The first-order chi connectivity index (χ1) is 9.90. The van der Waals surface area contributed by atoms with E-state index in [1.165, 1.54) is 12.1 Å². The minimum atomic E-state index is -1.22. The SMILES string of the molecule is CC(C)C1CN(C(=O)c2ccc(C(=O)O)cc2F)CCO1. The summed E-state index contributed by atoms with van der Waals surface area (Å²) >= 11 is 0. The molecule has 0 spiro atoms. The molecule has 0 saturated carbocycles. The molecule has 5 nitrogen and oxygen atoms in total. The summed E-state index contributed by atoms with van der Waals surface area (Å²) in [7, 11) is 0. The lowest BCUT2D eigenvalue weighted by atomic mass is 10.0. The highest BCUT2D eigenvalue weighted by Gasteiger charge is 2.28. The molecule has 1 N–H and O–H groups in total. The van der Waals surface area contributed by atoms with E-state index < -0.39 is 17.7 Å². The highest BCUT2D eigenvalue weighted by Crippen LogP contribution is 2.18. The fraction of sp³-hybridized carbons (Fsp3) is 0.467. The number of halogens is 1. The zero-order chi connectivity index (χ0) is 15.6. The van der Waals surface area contributed by atoms with Crippen molar-refractivity contribution in [3.05, 3.63) is 35.1 Å². The van der Waals surface area contributed by atoms with Gasteiger partial charge in [-0.25, -0.2) is 9.18 Å². The van der Waals surface area contributed by atoms with Gasteiger partial charge in [0.15, 0.2) is 0 Å². The van der Waals surface area contributed by atoms with E-state index in [0.717, 1.165) is 6.07 Å². The Morgan fingerprint density at radius 2 is 2.14 bits per heavy atom. The van der Waals surface area contributed by atoms with Gasteiger partial charge in [0.2, 0.25) is 0 Å². The van der Waals surface area contributed by atoms with Crippen molar-refractivity contribution in [3.8, 4) is 0 Å². The molecular weight excluding hydrogens is 277 g/mol. The van der Waals surface area contributed by atoms with Crippen LogP contribution in [0.4, 0.5) is 4.39 Å². The number of nitrogens with zero attached hydrogens (tertiary/aromatic N) is 1. The number of carbonyl (C=O) groups excluding carboxylic acids is 1. The third kappa shape index (κ3) is 3.39. The molecule has 1 heterocycles. The number of aromatic carboxylic acids is 1. The van der Waals surface area contributed by atoms with Crippen molar-refractivity contribution in [3.63, 3.8) is 0 Å². The third-order valence-corrected chi connectivity index (χ3v) is 3.57. The van der Waals surface area contributed by atoms with Crippen molar-refractivity contribution >= 4 is 11.9 Å². The molecule has 6 heteroatoms. The number of amides is 1. The van der Waals surface area contributed by atoms with Gasteiger partial charge in [-0.3, -0.25) is 4.79 Å². The number of hydrogen-bond donors (Lipinski definition) is 1. The van der Waals surface area contributed by atoms with Crippen molar-refractivity contribution in [2.75, 3.05) is 19.7 Å². The zero-order valence-corrected chi connectivity index (χ0v) is 12.0. The van der Waals surface area contributed by atoms with Crippen LogP contribution in [0.25, 0.3) is 0 Å². The van der Waals surface area contributed by atoms with Gasteiger partial charge in [-0.2, -0.15) is 0 Å². The maximum Gasteiger partial charge on any atom is 0.335 e. The minimum absolute atomic E-state index is 0.0657. The van der Waals surface area contributed by atoms with Gasteiger partial charge in [-0.05, 0) is 24.1 Å². The molecule has 2 rings (SSSR count). The molecule has 1 aliphatic heterocycles. The standard InChI is InChI=1S/C15H18FNO4/c1-9(2)13-8-17(5-6-21-13)14(18)11-4-3-10(15(19)20)7-12(11)16/h3-4,7,9,13H,5-6,8H2,1-2H3,(H,19,20). The summed E-state index contributed by atoms with van der Waals surface area (Å²) in [4.78, 5) is 24.7. The molecule has 0 radical (unpaired) electrons. The van der Waals surface area contributed by atoms with Crippen LogP contribution in [-0.2, 0) is 4.74 Å². The molecule has 1 aliphatic rings. The van der Waals surface area contributed by atoms with E-state index in [-0.39, 0.29) is 23.1 Å². The maximum absolute atomic E-state index is 13.9. The highest BCUT2D eigenvalue weighted by atomic mass is 19.1. The molecule has 1 aromatic carbocycles. The molecule has 21 heavy (non-hydrogen) atoms. The van der Waals surface area contributed by atoms with Crippen LogP contribution in [-0.4, -0.2) is 47.7 Å². The van der Waals surface area contributed by atoms with E-state index in [1.54, 1.807) is 4.90 Å². The van der Waals surface area contributed by atoms with Crippen LogP contribution in [0.2, 0.25) is 0 Å². The summed E-state index contributed by atoms with van der Waals surface area (Å²) in [6, 6.07) is 3.33. The van der Waals surface area contributed by atoms with Gasteiger partial charge in [0.05, 0.1) is 23.8 Å². The lowest BCUT2D eigenvalue weighted by Gasteiger charge is -2.35. The zero-order valence-electron chi connectivity index (χ0n) is 12.0. The van der Waals surface area contributed by atoms with Crippen LogP contribution < -0.4 is 0 Å². The first-order valence-corrected chi connectivity index (χ1v) is 6.84. The Balaban J connectivity index is 2.18. The number of carboxylic acids is 1. The smallest absolute Gasteiger partial charge is 0.335 e. The van der Waals surface area contributed by atoms with Crippen LogP contribution in [0.15, 0.2) is 18.2 Å². The molecule has 1 fully saturated rings. The number of rotatable bonds is 3. The summed E-state index contributed by atoms with van der Waals surface area (Å²) in [5, 5.41) is 8.80. The molecule has 0 aromatic heterocycles. The summed E-state index contributed by atoms with van der Waals surface area (Å²) < 4.78 is 19.5. The Morgan fingerprint density at radius 3 is 2.71 bits per heavy atom. The van der Waals surface area contributed by atoms with E-state index in [1.807, 2.05) is 13.8 Å². The minimum Gasteiger partial charge on any atom is -0.478 e. The van der Waals surface area contributed by atoms with Gasteiger partial charge in [0.25, 0.3) is 5.91 Å². The second kappa shape index (κ2) is 6.22. The summed E-state index contributed by atoms with van der Waals surface area (Å²) in [6.45, 7) is 5.24. The maximum atomic E-state index is 13.9. The average molecular weight is 295 g/mol. The summed E-state index contributed by atoms with van der Waals surface area (Å²) in [5.41, 5.74) is -0.282. The van der Waals surface area contributed by atoms with Gasteiger partial charge in [-0.1, -0.05) is 13.8 Å². The molecule has 1 amide bonds. The number of hydrogen-bond acceptors (Lipinski definition) is 3. The van der Waals surface area contributed by atoms with E-state index in [2.05, 4.69) is 0 Å².